The average molecular weight is 637 g/mol. The number of hydrogen-bond acceptors (Lipinski definition) is 5. The maximum atomic E-state index is 8.63. The molecule has 0 aliphatic carbocycles. The smallest absolute Gasteiger partial charge is 0.173 e. The molecule has 5 nitrogen and oxygen atoms in total. The molecule has 0 fully saturated rings. The van der Waals surface area contributed by atoms with Crippen LogP contribution in [0.4, 0.5) is 0 Å². The van der Waals surface area contributed by atoms with E-state index in [1.54, 1.807) is 72.8 Å². The summed E-state index contributed by atoms with van der Waals surface area (Å²) in [6.07, 6.45) is 0. The van der Waals surface area contributed by atoms with E-state index in [0.717, 1.165) is 0 Å². The first-order chi connectivity index (χ1) is 19.1. The van der Waals surface area contributed by atoms with Crippen LogP contribution in [0.15, 0.2) is 91.0 Å². The number of benzene rings is 3. The minimum atomic E-state index is -1.27. The zero-order valence-corrected chi connectivity index (χ0v) is 32.2. The second-order valence-electron chi connectivity index (χ2n) is 10.6. The largest absolute Gasteiger partial charge is 0.508 e. The van der Waals surface area contributed by atoms with Crippen LogP contribution in [0.5, 0.6) is 17.2 Å². The van der Waals surface area contributed by atoms with Crippen LogP contribution in [0.2, 0.25) is 64.5 Å². The lowest BCUT2D eigenvalue weighted by molar-refractivity contribution is 0.475. The van der Waals surface area contributed by atoms with Crippen molar-refractivity contribution in [1.82, 2.24) is 0 Å². The topological polar surface area (TPSA) is 79.2 Å². The van der Waals surface area contributed by atoms with Gasteiger partial charge in [-0.2, -0.15) is 0 Å². The summed E-state index contributed by atoms with van der Waals surface area (Å²) in [6, 6.07) is 28.6. The molecule has 3 aromatic carbocycles. The van der Waals surface area contributed by atoms with Crippen molar-refractivity contribution in [3.05, 3.63) is 91.0 Å². The van der Waals surface area contributed by atoms with Gasteiger partial charge in [-0.3, -0.25) is 0 Å². The van der Waals surface area contributed by atoms with Crippen molar-refractivity contribution in [1.29, 1.82) is 0 Å². The standard InChI is InChI=1S/C8H22OSi2.3C6H6O.C4H14OSi2.C2H6/c1-7-10(3,4)9-11(5,6)8-2;3*7-6-4-2-1-3-5-6;1-6(2)5-7(3)4;1-2/h7-8H2,1-6H3;3*1-5,7H;6-7H,1-4H3;1-2H3. The van der Waals surface area contributed by atoms with Gasteiger partial charge in [-0.1, -0.05) is 82.3 Å². The Morgan fingerprint density at radius 1 is 0.512 bits per heavy atom. The van der Waals surface area contributed by atoms with Gasteiger partial charge < -0.3 is 23.5 Å². The van der Waals surface area contributed by atoms with Crippen molar-refractivity contribution >= 4 is 34.7 Å². The second kappa shape index (κ2) is 26.7. The van der Waals surface area contributed by atoms with Gasteiger partial charge in [0.25, 0.3) is 0 Å². The Hall–Kier alpha value is -2.15. The lowest BCUT2D eigenvalue weighted by atomic mass is 10.3. The van der Waals surface area contributed by atoms with E-state index in [1.165, 1.54) is 12.1 Å². The lowest BCUT2D eigenvalue weighted by Gasteiger charge is -2.32. The van der Waals surface area contributed by atoms with Crippen LogP contribution in [-0.2, 0) is 8.23 Å². The van der Waals surface area contributed by atoms with Crippen LogP contribution in [-0.4, -0.2) is 50.0 Å². The molecule has 0 aromatic heterocycles. The van der Waals surface area contributed by atoms with Crippen molar-refractivity contribution in [2.24, 2.45) is 0 Å². The van der Waals surface area contributed by atoms with E-state index >= 15 is 0 Å². The highest BCUT2D eigenvalue weighted by Gasteiger charge is 2.29. The number of para-hydroxylation sites is 3. The SMILES string of the molecule is CC.CC[Si](C)(C)O[Si](C)(C)CC.C[SiH](C)O[SiH](C)C.Oc1ccccc1.Oc1ccccc1.Oc1ccccc1. The first-order valence-corrected chi connectivity index (χ1v) is 26.5. The molecule has 3 N–H and O–H groups in total. The third-order valence-corrected chi connectivity index (χ3v) is 17.2. The molecule has 0 radical (unpaired) electrons. The summed E-state index contributed by atoms with van der Waals surface area (Å²) in [5, 5.41) is 25.9. The number of phenolic OH excluding ortho intramolecular Hbond substituents is 3. The molecule has 0 saturated heterocycles. The highest BCUT2D eigenvalue weighted by molar-refractivity contribution is 6.84. The molecule has 9 heteroatoms. The first-order valence-electron chi connectivity index (χ1n) is 14.7. The van der Waals surface area contributed by atoms with E-state index in [-0.39, 0.29) is 0 Å². The van der Waals surface area contributed by atoms with Crippen molar-refractivity contribution in [2.75, 3.05) is 0 Å². The Balaban J connectivity index is -0.000000438. The number of hydrogen-bond donors (Lipinski definition) is 3. The summed E-state index contributed by atoms with van der Waals surface area (Å²) >= 11 is 0. The highest BCUT2D eigenvalue weighted by Crippen LogP contribution is 2.20. The molecule has 0 saturated carbocycles. The van der Waals surface area contributed by atoms with Crippen LogP contribution >= 0.6 is 0 Å². The number of aromatic hydroxyl groups is 3. The molecule has 3 aromatic rings. The predicted octanol–water partition coefficient (Wildman–Crippen LogP) is 9.63. The fourth-order valence-corrected chi connectivity index (χ4v) is 14.2. The van der Waals surface area contributed by atoms with Crippen LogP contribution in [0.1, 0.15) is 27.7 Å². The lowest BCUT2D eigenvalue weighted by Crippen LogP contribution is -2.43. The maximum Gasteiger partial charge on any atom is 0.173 e. The summed E-state index contributed by atoms with van der Waals surface area (Å²) in [6.45, 7) is 26.6. The molecule has 0 amide bonds. The Morgan fingerprint density at radius 3 is 0.829 bits per heavy atom. The molecule has 0 heterocycles. The zero-order valence-electron chi connectivity index (χ0n) is 27.9. The van der Waals surface area contributed by atoms with Gasteiger partial charge in [0.2, 0.25) is 0 Å². The molecule has 41 heavy (non-hydrogen) atoms. The van der Waals surface area contributed by atoms with Gasteiger partial charge in [-0.05, 0) is 101 Å². The molecule has 0 spiro atoms. The highest BCUT2D eigenvalue weighted by atomic mass is 28.4. The summed E-state index contributed by atoms with van der Waals surface area (Å²) in [5.41, 5.74) is 0. The Morgan fingerprint density at radius 2 is 0.732 bits per heavy atom. The molecule has 0 unspecified atom stereocenters. The van der Waals surface area contributed by atoms with Gasteiger partial charge in [0, 0.05) is 0 Å². The van der Waals surface area contributed by atoms with Crippen LogP contribution in [0, 0.1) is 0 Å². The van der Waals surface area contributed by atoms with Gasteiger partial charge >= 0.3 is 0 Å². The normalized spacial score (nSPS) is 10.1. The van der Waals surface area contributed by atoms with Crippen molar-refractivity contribution in [2.45, 2.75) is 92.2 Å². The van der Waals surface area contributed by atoms with Gasteiger partial charge in [-0.25, -0.2) is 0 Å². The maximum absolute atomic E-state index is 8.63. The molecular weight excluding hydrogens is 577 g/mol. The molecule has 3 rings (SSSR count). The Bertz CT molecular complexity index is 817. The number of phenols is 3. The van der Waals surface area contributed by atoms with Crippen LogP contribution in [0.3, 0.4) is 0 Å². The fourth-order valence-electron chi connectivity index (χ4n) is 2.72. The molecule has 0 atom stereocenters. The zero-order chi connectivity index (χ0) is 32.3. The van der Waals surface area contributed by atoms with Crippen molar-refractivity contribution < 1.29 is 23.5 Å². The quantitative estimate of drug-likeness (QED) is 0.235. The van der Waals surface area contributed by atoms with E-state index < -0.39 is 34.7 Å². The van der Waals surface area contributed by atoms with E-state index in [0.29, 0.717) is 17.2 Å². The third-order valence-electron chi connectivity index (χ3n) is 5.07. The molecule has 0 aliphatic rings. The minimum Gasteiger partial charge on any atom is -0.508 e. The van der Waals surface area contributed by atoms with E-state index in [9.17, 15) is 0 Å². The minimum absolute atomic E-state index is 0.322. The van der Waals surface area contributed by atoms with Crippen molar-refractivity contribution in [3.8, 4) is 17.2 Å². The van der Waals surface area contributed by atoms with Gasteiger partial charge in [0.1, 0.15) is 17.2 Å². The summed E-state index contributed by atoms with van der Waals surface area (Å²) in [7, 11) is -3.88. The summed E-state index contributed by atoms with van der Waals surface area (Å²) in [4.78, 5) is 0. The van der Waals surface area contributed by atoms with Crippen LogP contribution in [0.25, 0.3) is 0 Å². The van der Waals surface area contributed by atoms with Crippen molar-refractivity contribution in [3.63, 3.8) is 0 Å². The molecule has 0 bridgehead atoms. The molecule has 234 valence electrons. The van der Waals surface area contributed by atoms with Gasteiger partial charge in [-0.15, -0.1) is 0 Å². The Labute approximate surface area is 258 Å². The van der Waals surface area contributed by atoms with Gasteiger partial charge in [0.15, 0.2) is 34.7 Å². The average Bonchev–Trinajstić information content (AvgIpc) is 2.91. The number of rotatable bonds is 6. The van der Waals surface area contributed by atoms with E-state index in [2.05, 4.69) is 66.2 Å². The summed E-state index contributed by atoms with van der Waals surface area (Å²) in [5.74, 6) is 0.965. The fraction of sp³-hybridized carbons (Fsp3) is 0.438. The molecular formula is C32H60O5Si4. The molecule has 0 aliphatic heterocycles. The van der Waals surface area contributed by atoms with Gasteiger partial charge in [0.05, 0.1) is 0 Å². The first kappa shape index (κ1) is 43.3. The van der Waals surface area contributed by atoms with E-state index in [1.807, 2.05) is 32.0 Å². The Kier molecular flexibility index (Phi) is 28.2. The monoisotopic (exact) mass is 636 g/mol. The third kappa shape index (κ3) is 34.0. The summed E-state index contributed by atoms with van der Waals surface area (Å²) < 4.78 is 11.7. The van der Waals surface area contributed by atoms with Crippen LogP contribution < -0.4 is 0 Å². The van der Waals surface area contributed by atoms with E-state index in [4.69, 9.17) is 23.5 Å². The second-order valence-corrected chi connectivity index (χ2v) is 25.1. The predicted molar refractivity (Wildman–Crippen MR) is 192 cm³/mol.